The molecule has 15 heavy (non-hydrogen) atoms. The number of nitrogens with zero attached hydrogens (tertiary/aromatic N) is 1. The van der Waals surface area contributed by atoms with Crippen molar-refractivity contribution in [1.29, 1.82) is 0 Å². The molecule has 0 saturated heterocycles. The van der Waals surface area contributed by atoms with Gasteiger partial charge in [-0.15, -0.1) is 11.3 Å². The van der Waals surface area contributed by atoms with Crippen LogP contribution in [0, 0.1) is 0 Å². The van der Waals surface area contributed by atoms with Gasteiger partial charge in [-0.2, -0.15) is 0 Å². The average molecular weight is 227 g/mol. The maximum Gasteiger partial charge on any atom is 0.0985 e. The minimum absolute atomic E-state index is 0.0675. The Bertz CT molecular complexity index is 341. The van der Waals surface area contributed by atoms with Crippen molar-refractivity contribution in [1.82, 2.24) is 4.98 Å². The smallest absolute Gasteiger partial charge is 0.0985 e. The van der Waals surface area contributed by atoms with Crippen molar-refractivity contribution in [2.24, 2.45) is 0 Å². The van der Waals surface area contributed by atoms with Gasteiger partial charge < -0.3 is 5.11 Å². The molecule has 0 saturated carbocycles. The van der Waals surface area contributed by atoms with Crippen LogP contribution in [0.2, 0.25) is 0 Å². The second kappa shape index (κ2) is 3.87. The van der Waals surface area contributed by atoms with Crippen molar-refractivity contribution in [3.8, 4) is 0 Å². The Balaban J connectivity index is 3.24. The largest absolute Gasteiger partial charge is 0.385 e. The Morgan fingerprint density at radius 1 is 1.20 bits per heavy atom. The molecule has 1 aromatic heterocycles. The first-order valence-corrected chi connectivity index (χ1v) is 6.21. The molecule has 0 aromatic carbocycles. The van der Waals surface area contributed by atoms with E-state index in [0.29, 0.717) is 0 Å². The lowest BCUT2D eigenvalue weighted by Crippen LogP contribution is -2.15. The number of thiazole rings is 1. The number of rotatable bonds is 2. The summed E-state index contributed by atoms with van der Waals surface area (Å²) in [6.45, 7) is 12.2. The van der Waals surface area contributed by atoms with Crippen molar-refractivity contribution in [3.63, 3.8) is 0 Å². The third-order valence-electron chi connectivity index (χ3n) is 2.23. The van der Waals surface area contributed by atoms with Crippen LogP contribution in [0.5, 0.6) is 0 Å². The van der Waals surface area contributed by atoms with Gasteiger partial charge in [0.1, 0.15) is 0 Å². The van der Waals surface area contributed by atoms with E-state index < -0.39 is 5.60 Å². The molecule has 0 unspecified atom stereocenters. The van der Waals surface area contributed by atoms with E-state index in [1.165, 1.54) is 0 Å². The quantitative estimate of drug-likeness (QED) is 0.841. The minimum atomic E-state index is -0.771. The van der Waals surface area contributed by atoms with Crippen molar-refractivity contribution < 1.29 is 5.11 Å². The Morgan fingerprint density at radius 2 is 1.73 bits per heavy atom. The molecule has 0 aliphatic heterocycles. The van der Waals surface area contributed by atoms with E-state index in [4.69, 9.17) is 0 Å². The van der Waals surface area contributed by atoms with E-state index in [0.717, 1.165) is 22.0 Å². The van der Waals surface area contributed by atoms with Gasteiger partial charge in [-0.05, 0) is 20.3 Å². The highest BCUT2D eigenvalue weighted by Crippen LogP contribution is 2.35. The summed E-state index contributed by atoms with van der Waals surface area (Å²) >= 11 is 1.64. The number of hydrogen-bond acceptors (Lipinski definition) is 3. The average Bonchev–Trinajstić information content (AvgIpc) is 2.44. The molecule has 0 spiro atoms. The molecule has 1 rings (SSSR count). The predicted molar refractivity (Wildman–Crippen MR) is 65.4 cm³/mol. The van der Waals surface area contributed by atoms with Gasteiger partial charge in [-0.1, -0.05) is 27.7 Å². The molecule has 2 nitrogen and oxygen atoms in total. The van der Waals surface area contributed by atoms with Crippen LogP contribution in [0.3, 0.4) is 0 Å². The SMILES string of the molecule is CCc1nc(C(C)(C)C)sc1C(C)(C)O. The van der Waals surface area contributed by atoms with Gasteiger partial charge in [0.05, 0.1) is 21.2 Å². The van der Waals surface area contributed by atoms with Gasteiger partial charge in [0, 0.05) is 5.41 Å². The first kappa shape index (κ1) is 12.7. The highest BCUT2D eigenvalue weighted by Gasteiger charge is 2.27. The molecule has 3 heteroatoms. The summed E-state index contributed by atoms with van der Waals surface area (Å²) in [4.78, 5) is 5.63. The van der Waals surface area contributed by atoms with E-state index >= 15 is 0 Å². The zero-order valence-electron chi connectivity index (χ0n) is 10.5. The lowest BCUT2D eigenvalue weighted by molar-refractivity contribution is 0.0814. The number of aryl methyl sites for hydroxylation is 1. The Hall–Kier alpha value is -0.410. The minimum Gasteiger partial charge on any atom is -0.385 e. The summed E-state index contributed by atoms with van der Waals surface area (Å²) in [5.41, 5.74) is 0.336. The van der Waals surface area contributed by atoms with E-state index in [-0.39, 0.29) is 5.41 Å². The molecule has 1 N–H and O–H groups in total. The fraction of sp³-hybridized carbons (Fsp3) is 0.750. The Labute approximate surface area is 96.4 Å². The van der Waals surface area contributed by atoms with E-state index in [1.807, 2.05) is 13.8 Å². The lowest BCUT2D eigenvalue weighted by atomic mass is 9.98. The van der Waals surface area contributed by atoms with Crippen LogP contribution >= 0.6 is 11.3 Å². The van der Waals surface area contributed by atoms with Crippen LogP contribution in [0.4, 0.5) is 0 Å². The maximum absolute atomic E-state index is 10.1. The van der Waals surface area contributed by atoms with E-state index in [1.54, 1.807) is 11.3 Å². The molecular formula is C12H21NOS. The normalized spacial score (nSPS) is 13.3. The summed E-state index contributed by atoms with van der Waals surface area (Å²) < 4.78 is 0. The van der Waals surface area contributed by atoms with E-state index in [2.05, 4.69) is 32.7 Å². The topological polar surface area (TPSA) is 33.1 Å². The molecule has 1 heterocycles. The Kier molecular flexibility index (Phi) is 3.27. The monoisotopic (exact) mass is 227 g/mol. The van der Waals surface area contributed by atoms with Crippen molar-refractivity contribution in [3.05, 3.63) is 15.6 Å². The summed E-state index contributed by atoms with van der Waals surface area (Å²) in [6.07, 6.45) is 0.881. The highest BCUT2D eigenvalue weighted by molar-refractivity contribution is 7.12. The lowest BCUT2D eigenvalue weighted by Gasteiger charge is -2.16. The first-order valence-electron chi connectivity index (χ1n) is 5.39. The van der Waals surface area contributed by atoms with Gasteiger partial charge >= 0.3 is 0 Å². The van der Waals surface area contributed by atoms with Gasteiger partial charge in [-0.3, -0.25) is 0 Å². The zero-order valence-corrected chi connectivity index (χ0v) is 11.3. The second-order valence-corrected chi connectivity index (χ2v) is 6.46. The number of aliphatic hydroxyl groups is 1. The third kappa shape index (κ3) is 2.79. The third-order valence-corrected chi connectivity index (χ3v) is 4.07. The molecule has 0 aliphatic carbocycles. The molecule has 0 fully saturated rings. The van der Waals surface area contributed by atoms with Crippen LogP contribution in [-0.2, 0) is 17.4 Å². The summed E-state index contributed by atoms with van der Waals surface area (Å²) in [6, 6.07) is 0. The predicted octanol–water partition coefficient (Wildman–Crippen LogP) is 3.23. The van der Waals surface area contributed by atoms with Crippen molar-refractivity contribution in [2.45, 2.75) is 59.0 Å². The van der Waals surface area contributed by atoms with Crippen molar-refractivity contribution >= 4 is 11.3 Å². The van der Waals surface area contributed by atoms with Crippen molar-refractivity contribution in [2.75, 3.05) is 0 Å². The van der Waals surface area contributed by atoms with Crippen LogP contribution in [-0.4, -0.2) is 10.1 Å². The molecule has 0 aliphatic rings. The number of hydrogen-bond donors (Lipinski definition) is 1. The van der Waals surface area contributed by atoms with E-state index in [9.17, 15) is 5.11 Å². The molecular weight excluding hydrogens is 206 g/mol. The van der Waals surface area contributed by atoms with Gasteiger partial charge in [0.2, 0.25) is 0 Å². The van der Waals surface area contributed by atoms with Gasteiger partial charge in [0.25, 0.3) is 0 Å². The van der Waals surface area contributed by atoms with Gasteiger partial charge in [0.15, 0.2) is 0 Å². The summed E-state index contributed by atoms with van der Waals surface area (Å²) in [7, 11) is 0. The van der Waals surface area contributed by atoms with Crippen LogP contribution in [0.25, 0.3) is 0 Å². The summed E-state index contributed by atoms with van der Waals surface area (Å²) in [5, 5.41) is 11.2. The molecule has 1 aromatic rings. The first-order chi connectivity index (χ1) is 6.66. The Morgan fingerprint density at radius 3 is 2.00 bits per heavy atom. The molecule has 0 amide bonds. The second-order valence-electron chi connectivity index (χ2n) is 5.46. The molecule has 0 atom stereocenters. The van der Waals surface area contributed by atoms with Crippen LogP contribution in [0.1, 0.15) is 57.1 Å². The standard InChI is InChI=1S/C12H21NOS/c1-7-8-9(12(5,6)14)15-10(13-8)11(2,3)4/h14H,7H2,1-6H3. The maximum atomic E-state index is 10.1. The van der Waals surface area contributed by atoms with Crippen LogP contribution in [0.15, 0.2) is 0 Å². The fourth-order valence-electron chi connectivity index (χ4n) is 1.39. The highest BCUT2D eigenvalue weighted by atomic mass is 32.1. The van der Waals surface area contributed by atoms with Crippen LogP contribution < -0.4 is 0 Å². The molecule has 86 valence electrons. The number of aromatic nitrogens is 1. The fourth-order valence-corrected chi connectivity index (χ4v) is 2.60. The molecule has 0 bridgehead atoms. The zero-order chi connectivity index (χ0) is 11.9. The summed E-state index contributed by atoms with van der Waals surface area (Å²) in [5.74, 6) is 0. The van der Waals surface area contributed by atoms with Gasteiger partial charge in [-0.25, -0.2) is 4.98 Å². The molecule has 0 radical (unpaired) electrons.